The van der Waals surface area contributed by atoms with Gasteiger partial charge >= 0.3 is 0 Å². The van der Waals surface area contributed by atoms with Crippen LogP contribution in [0, 0.1) is 0 Å². The van der Waals surface area contributed by atoms with Crippen LogP contribution in [0.5, 0.6) is 0 Å². The van der Waals surface area contributed by atoms with Crippen molar-refractivity contribution in [3.63, 3.8) is 0 Å². The van der Waals surface area contributed by atoms with E-state index in [0.29, 0.717) is 5.84 Å². The quantitative estimate of drug-likeness (QED) is 0.348. The Morgan fingerprint density at radius 2 is 2.18 bits per heavy atom. The van der Waals surface area contributed by atoms with Gasteiger partial charge in [-0.15, -0.1) is 0 Å². The Hall–Kier alpha value is -1.52. The van der Waals surface area contributed by atoms with Gasteiger partial charge in [-0.3, -0.25) is 0 Å². The van der Waals surface area contributed by atoms with Crippen molar-refractivity contribution in [2.45, 2.75) is 37.3 Å². The molecule has 0 aromatic carbocycles. The maximum absolute atomic E-state index is 10.4. The summed E-state index contributed by atoms with van der Waals surface area (Å²) in [6.45, 7) is 0.936. The smallest absolute Gasteiger partial charge is 0.229 e. The molecule has 1 saturated heterocycles. The van der Waals surface area contributed by atoms with Crippen LogP contribution < -0.4 is 0 Å². The van der Waals surface area contributed by atoms with Gasteiger partial charge < -0.3 is 35.0 Å². The van der Waals surface area contributed by atoms with Crippen molar-refractivity contribution in [2.75, 3.05) is 20.7 Å². The molecule has 0 radical (unpaired) electrons. The van der Waals surface area contributed by atoms with Gasteiger partial charge in [-0.05, 0) is 13.0 Å². The van der Waals surface area contributed by atoms with Crippen LogP contribution in [-0.2, 0) is 4.74 Å². The average molecular weight is 314 g/mol. The van der Waals surface area contributed by atoms with E-state index in [1.807, 2.05) is 0 Å². The summed E-state index contributed by atoms with van der Waals surface area (Å²) >= 11 is 0. The highest BCUT2D eigenvalue weighted by molar-refractivity contribution is 5.98. The third-order valence-corrected chi connectivity index (χ3v) is 3.54. The molecule has 22 heavy (non-hydrogen) atoms. The van der Waals surface area contributed by atoms with Crippen molar-refractivity contribution in [2.24, 2.45) is 9.98 Å². The lowest BCUT2D eigenvalue weighted by atomic mass is 9.96. The lowest BCUT2D eigenvalue weighted by Crippen LogP contribution is -2.54. The molecule has 4 N–H and O–H groups in total. The first-order valence-electron chi connectivity index (χ1n) is 6.86. The molecule has 9 heteroatoms. The minimum atomic E-state index is -1.67. The summed E-state index contributed by atoms with van der Waals surface area (Å²) in [5.41, 5.74) is -1.67. The third kappa shape index (κ3) is 3.13. The van der Waals surface area contributed by atoms with E-state index in [9.17, 15) is 15.3 Å². The molecule has 124 valence electrons. The normalized spacial score (nSPS) is 38.7. The SMILES string of the molecule is CN(C)C=NC1=NC(O)N([C@@H]2O[C@H](CO)C(O)C2(C)O)C=C1. The van der Waals surface area contributed by atoms with E-state index in [-0.39, 0.29) is 0 Å². The highest BCUT2D eigenvalue weighted by atomic mass is 16.6. The van der Waals surface area contributed by atoms with Gasteiger partial charge in [-0.2, -0.15) is 0 Å². The fourth-order valence-corrected chi connectivity index (χ4v) is 2.32. The Morgan fingerprint density at radius 3 is 2.68 bits per heavy atom. The van der Waals surface area contributed by atoms with E-state index in [1.54, 1.807) is 31.4 Å². The van der Waals surface area contributed by atoms with Crippen molar-refractivity contribution in [3.8, 4) is 0 Å². The fraction of sp³-hybridized carbons (Fsp3) is 0.692. The number of amidine groups is 1. The van der Waals surface area contributed by atoms with Crippen LogP contribution in [0.2, 0.25) is 0 Å². The van der Waals surface area contributed by atoms with E-state index < -0.39 is 37.0 Å². The molecule has 0 saturated carbocycles. The number of aliphatic hydroxyl groups is 4. The molecular weight excluding hydrogens is 292 g/mol. The van der Waals surface area contributed by atoms with Crippen LogP contribution >= 0.6 is 0 Å². The molecule has 2 rings (SSSR count). The Kier molecular flexibility index (Phi) is 4.83. The zero-order chi connectivity index (χ0) is 16.5. The van der Waals surface area contributed by atoms with E-state index >= 15 is 0 Å². The summed E-state index contributed by atoms with van der Waals surface area (Å²) in [5.74, 6) is 0.314. The van der Waals surface area contributed by atoms with E-state index in [4.69, 9.17) is 9.84 Å². The summed E-state index contributed by atoms with van der Waals surface area (Å²) < 4.78 is 5.43. The molecule has 0 amide bonds. The second-order valence-corrected chi connectivity index (χ2v) is 5.68. The molecule has 1 fully saturated rings. The van der Waals surface area contributed by atoms with E-state index in [2.05, 4.69) is 9.98 Å². The summed E-state index contributed by atoms with van der Waals surface area (Å²) in [5, 5.41) is 39.6. The molecular formula is C13H22N4O5. The Bertz CT molecular complexity index is 491. The number of aliphatic imine (C=N–C) groups is 2. The number of hydrogen-bond acceptors (Lipinski definition) is 8. The van der Waals surface area contributed by atoms with E-state index in [0.717, 1.165) is 0 Å². The number of ether oxygens (including phenoxy) is 1. The fourth-order valence-electron chi connectivity index (χ4n) is 2.32. The highest BCUT2D eigenvalue weighted by Gasteiger charge is 2.55. The van der Waals surface area contributed by atoms with Gasteiger partial charge in [0, 0.05) is 20.3 Å². The second-order valence-electron chi connectivity index (χ2n) is 5.68. The third-order valence-electron chi connectivity index (χ3n) is 3.54. The van der Waals surface area contributed by atoms with Gasteiger partial charge in [0.25, 0.3) is 0 Å². The second kappa shape index (κ2) is 6.31. The number of aliphatic hydroxyl groups excluding tert-OH is 3. The van der Waals surface area contributed by atoms with Crippen LogP contribution in [0.1, 0.15) is 6.92 Å². The molecule has 0 spiro atoms. The zero-order valence-corrected chi connectivity index (χ0v) is 12.7. The average Bonchev–Trinajstić information content (AvgIpc) is 2.68. The molecule has 0 aromatic rings. The molecule has 2 aliphatic rings. The molecule has 2 aliphatic heterocycles. The molecule has 0 bridgehead atoms. The Balaban J connectivity index is 2.14. The predicted octanol–water partition coefficient (Wildman–Crippen LogP) is -2.09. The van der Waals surface area contributed by atoms with Crippen LogP contribution in [0.4, 0.5) is 0 Å². The van der Waals surface area contributed by atoms with Crippen molar-refractivity contribution >= 4 is 12.2 Å². The number of rotatable bonds is 3. The van der Waals surface area contributed by atoms with Gasteiger partial charge in [0.2, 0.25) is 6.35 Å². The Morgan fingerprint density at radius 1 is 1.50 bits per heavy atom. The maximum atomic E-state index is 10.4. The van der Waals surface area contributed by atoms with Gasteiger partial charge in [-0.25, -0.2) is 9.98 Å². The number of hydrogen-bond donors (Lipinski definition) is 4. The summed E-state index contributed by atoms with van der Waals surface area (Å²) in [7, 11) is 3.61. The van der Waals surface area contributed by atoms with Crippen molar-refractivity contribution in [3.05, 3.63) is 12.3 Å². The van der Waals surface area contributed by atoms with Crippen LogP contribution in [0.15, 0.2) is 22.3 Å². The molecule has 5 atom stereocenters. The van der Waals surface area contributed by atoms with Gasteiger partial charge in [-0.1, -0.05) is 0 Å². The van der Waals surface area contributed by atoms with Crippen LogP contribution in [0.3, 0.4) is 0 Å². The van der Waals surface area contributed by atoms with Gasteiger partial charge in [0.1, 0.15) is 17.8 Å². The Labute approximate surface area is 128 Å². The number of nitrogens with zero attached hydrogens (tertiary/aromatic N) is 4. The lowest BCUT2D eigenvalue weighted by Gasteiger charge is -2.37. The molecule has 0 aliphatic carbocycles. The summed E-state index contributed by atoms with van der Waals surface area (Å²) in [6.07, 6.45) is -0.0112. The molecule has 2 heterocycles. The van der Waals surface area contributed by atoms with Crippen molar-refractivity contribution < 1.29 is 25.2 Å². The van der Waals surface area contributed by atoms with Crippen LogP contribution in [0.25, 0.3) is 0 Å². The predicted molar refractivity (Wildman–Crippen MR) is 79.0 cm³/mol. The van der Waals surface area contributed by atoms with Crippen LogP contribution in [-0.4, -0.2) is 93.5 Å². The highest BCUT2D eigenvalue weighted by Crippen LogP contribution is 2.34. The van der Waals surface area contributed by atoms with Gasteiger partial charge in [0.05, 0.1) is 12.9 Å². The largest absolute Gasteiger partial charge is 0.394 e. The first-order valence-corrected chi connectivity index (χ1v) is 6.86. The molecule has 9 nitrogen and oxygen atoms in total. The van der Waals surface area contributed by atoms with Gasteiger partial charge in [0.15, 0.2) is 12.1 Å². The first-order chi connectivity index (χ1) is 10.3. The minimum Gasteiger partial charge on any atom is -0.394 e. The lowest BCUT2D eigenvalue weighted by molar-refractivity contribution is -0.160. The zero-order valence-electron chi connectivity index (χ0n) is 12.7. The monoisotopic (exact) mass is 314 g/mol. The maximum Gasteiger partial charge on any atom is 0.229 e. The minimum absolute atomic E-state index is 0.314. The standard InChI is InChI=1S/C13H22N4O5/c1-13(21)10(19)8(6-18)22-11(13)17-5-4-9(15-12(17)20)14-7-16(2)3/h4-5,7-8,10-12,18-21H,6H2,1-3H3/t8-,10?,11-,12?,13?/m1/s1. The summed E-state index contributed by atoms with van der Waals surface area (Å²) in [6, 6.07) is 0. The topological polar surface area (TPSA) is 121 Å². The van der Waals surface area contributed by atoms with Crippen molar-refractivity contribution in [1.82, 2.24) is 9.80 Å². The molecule has 0 aromatic heterocycles. The van der Waals surface area contributed by atoms with E-state index in [1.165, 1.54) is 18.0 Å². The molecule has 3 unspecified atom stereocenters. The summed E-state index contributed by atoms with van der Waals surface area (Å²) in [4.78, 5) is 11.0. The van der Waals surface area contributed by atoms with Crippen molar-refractivity contribution in [1.29, 1.82) is 0 Å². The first kappa shape index (κ1) is 16.8.